The second kappa shape index (κ2) is 7.58. The van der Waals surface area contributed by atoms with Gasteiger partial charge in [0.2, 0.25) is 5.91 Å². The Morgan fingerprint density at radius 1 is 1.15 bits per heavy atom. The van der Waals surface area contributed by atoms with Crippen molar-refractivity contribution >= 4 is 5.91 Å². The molecular weight excluding hydrogens is 343 g/mol. The lowest BCUT2D eigenvalue weighted by Gasteiger charge is -2.12. The fraction of sp³-hybridized carbons (Fsp3) is 0.182. The maximum absolute atomic E-state index is 12.9. The van der Waals surface area contributed by atoms with Crippen molar-refractivity contribution in [3.8, 4) is 16.9 Å². The summed E-state index contributed by atoms with van der Waals surface area (Å²) in [5.41, 5.74) is 4.09. The molecule has 2 aromatic carbocycles. The summed E-state index contributed by atoms with van der Waals surface area (Å²) >= 11 is 0. The van der Waals surface area contributed by atoms with Crippen LogP contribution in [0.25, 0.3) is 11.1 Å². The number of halogens is 1. The standard InChI is InChI=1S/C22H19FN2O2/c23-19-6-3-15(4-7-19)10-22(26)25-14-20-12-18-11-16(5-8-21(18)27-20)17-2-1-9-24-13-17/h1-9,11,13,20H,10,12,14H2,(H,25,26). The van der Waals surface area contributed by atoms with Gasteiger partial charge < -0.3 is 10.1 Å². The molecule has 1 N–H and O–H groups in total. The predicted molar refractivity (Wildman–Crippen MR) is 101 cm³/mol. The van der Waals surface area contributed by atoms with Gasteiger partial charge in [-0.1, -0.05) is 24.3 Å². The third-order valence-corrected chi connectivity index (χ3v) is 4.60. The van der Waals surface area contributed by atoms with Crippen LogP contribution in [0.5, 0.6) is 5.75 Å². The van der Waals surface area contributed by atoms with Crippen LogP contribution in [0.4, 0.5) is 4.39 Å². The normalized spacial score (nSPS) is 15.1. The van der Waals surface area contributed by atoms with Crippen LogP contribution in [0.1, 0.15) is 11.1 Å². The second-order valence-corrected chi connectivity index (χ2v) is 6.62. The maximum atomic E-state index is 12.9. The molecule has 2 heterocycles. The van der Waals surface area contributed by atoms with E-state index >= 15 is 0 Å². The highest BCUT2D eigenvalue weighted by Crippen LogP contribution is 2.32. The zero-order valence-electron chi connectivity index (χ0n) is 14.7. The van der Waals surface area contributed by atoms with E-state index in [2.05, 4.69) is 16.4 Å². The molecule has 0 saturated heterocycles. The van der Waals surface area contributed by atoms with Gasteiger partial charge in [-0.3, -0.25) is 9.78 Å². The molecule has 1 aromatic heterocycles. The number of carbonyl (C=O) groups excluding carboxylic acids is 1. The van der Waals surface area contributed by atoms with Crippen molar-refractivity contribution in [3.05, 3.63) is 83.9 Å². The van der Waals surface area contributed by atoms with Crippen LogP contribution in [-0.4, -0.2) is 23.5 Å². The molecule has 1 amide bonds. The van der Waals surface area contributed by atoms with E-state index in [1.807, 2.05) is 30.5 Å². The highest BCUT2D eigenvalue weighted by molar-refractivity contribution is 5.78. The topological polar surface area (TPSA) is 51.2 Å². The maximum Gasteiger partial charge on any atom is 0.224 e. The average Bonchev–Trinajstić information content (AvgIpc) is 3.11. The Hall–Kier alpha value is -3.21. The van der Waals surface area contributed by atoms with Crippen LogP contribution in [0.2, 0.25) is 0 Å². The van der Waals surface area contributed by atoms with E-state index in [1.165, 1.54) is 12.1 Å². The Balaban J connectivity index is 1.33. The number of hydrogen-bond donors (Lipinski definition) is 1. The molecule has 5 heteroatoms. The van der Waals surface area contributed by atoms with Gasteiger partial charge in [-0.15, -0.1) is 0 Å². The third-order valence-electron chi connectivity index (χ3n) is 4.60. The molecule has 27 heavy (non-hydrogen) atoms. The summed E-state index contributed by atoms with van der Waals surface area (Å²) < 4.78 is 18.9. The zero-order valence-corrected chi connectivity index (χ0v) is 14.7. The Morgan fingerprint density at radius 2 is 2.00 bits per heavy atom. The molecule has 4 nitrogen and oxygen atoms in total. The van der Waals surface area contributed by atoms with Gasteiger partial charge in [-0.05, 0) is 47.0 Å². The number of nitrogens with one attached hydrogen (secondary N) is 1. The SMILES string of the molecule is O=C(Cc1ccc(F)cc1)NCC1Cc2cc(-c3cccnc3)ccc2O1. The van der Waals surface area contributed by atoms with Gasteiger partial charge in [-0.2, -0.15) is 0 Å². The molecule has 136 valence electrons. The molecule has 0 bridgehead atoms. The predicted octanol–water partition coefficient (Wildman–Crippen LogP) is 3.55. The average molecular weight is 362 g/mol. The summed E-state index contributed by atoms with van der Waals surface area (Å²) in [5, 5.41) is 2.90. The molecule has 0 radical (unpaired) electrons. The van der Waals surface area contributed by atoms with E-state index in [1.54, 1.807) is 18.3 Å². The number of rotatable bonds is 5. The molecule has 1 aliphatic rings. The van der Waals surface area contributed by atoms with Crippen LogP contribution >= 0.6 is 0 Å². The van der Waals surface area contributed by atoms with Gasteiger partial charge in [0.05, 0.1) is 13.0 Å². The fourth-order valence-corrected chi connectivity index (χ4v) is 3.23. The van der Waals surface area contributed by atoms with Gasteiger partial charge in [0.15, 0.2) is 0 Å². The lowest BCUT2D eigenvalue weighted by atomic mass is 10.0. The quantitative estimate of drug-likeness (QED) is 0.755. The van der Waals surface area contributed by atoms with Crippen molar-refractivity contribution < 1.29 is 13.9 Å². The Morgan fingerprint density at radius 3 is 2.78 bits per heavy atom. The summed E-state index contributed by atoms with van der Waals surface area (Å²) in [5.74, 6) is 0.458. The summed E-state index contributed by atoms with van der Waals surface area (Å²) in [7, 11) is 0. The second-order valence-electron chi connectivity index (χ2n) is 6.62. The molecule has 3 aromatic rings. The van der Waals surface area contributed by atoms with Gasteiger partial charge in [0.1, 0.15) is 17.7 Å². The zero-order chi connectivity index (χ0) is 18.6. The largest absolute Gasteiger partial charge is 0.488 e. The van der Waals surface area contributed by atoms with Crippen molar-refractivity contribution in [3.63, 3.8) is 0 Å². The number of hydrogen-bond acceptors (Lipinski definition) is 3. The molecule has 1 atom stereocenters. The first-order chi connectivity index (χ1) is 13.2. The summed E-state index contributed by atoms with van der Waals surface area (Å²) in [6.45, 7) is 0.441. The minimum Gasteiger partial charge on any atom is -0.488 e. The van der Waals surface area contributed by atoms with E-state index in [9.17, 15) is 9.18 Å². The monoisotopic (exact) mass is 362 g/mol. The third kappa shape index (κ3) is 4.14. The molecule has 1 aliphatic heterocycles. The highest BCUT2D eigenvalue weighted by Gasteiger charge is 2.23. The van der Waals surface area contributed by atoms with Crippen molar-refractivity contribution in [1.82, 2.24) is 10.3 Å². The van der Waals surface area contributed by atoms with E-state index < -0.39 is 0 Å². The molecule has 0 saturated carbocycles. The number of benzene rings is 2. The van der Waals surface area contributed by atoms with Gasteiger partial charge in [-0.25, -0.2) is 4.39 Å². The van der Waals surface area contributed by atoms with Crippen molar-refractivity contribution in [2.45, 2.75) is 18.9 Å². The highest BCUT2D eigenvalue weighted by atomic mass is 19.1. The number of amides is 1. The van der Waals surface area contributed by atoms with Gasteiger partial charge in [0, 0.05) is 24.4 Å². The first-order valence-electron chi connectivity index (χ1n) is 8.88. The molecule has 0 spiro atoms. The van der Waals surface area contributed by atoms with E-state index in [0.29, 0.717) is 6.54 Å². The first-order valence-corrected chi connectivity index (χ1v) is 8.88. The first kappa shape index (κ1) is 17.2. The van der Waals surface area contributed by atoms with E-state index in [0.717, 1.165) is 34.4 Å². The number of ether oxygens (including phenoxy) is 1. The number of pyridine rings is 1. The van der Waals surface area contributed by atoms with Gasteiger partial charge in [0.25, 0.3) is 0 Å². The van der Waals surface area contributed by atoms with Crippen molar-refractivity contribution in [2.24, 2.45) is 0 Å². The van der Waals surface area contributed by atoms with Crippen LogP contribution in [0.15, 0.2) is 67.0 Å². The lowest BCUT2D eigenvalue weighted by Crippen LogP contribution is -2.35. The molecule has 0 fully saturated rings. The minimum absolute atomic E-state index is 0.0821. The van der Waals surface area contributed by atoms with Crippen LogP contribution in [0.3, 0.4) is 0 Å². The summed E-state index contributed by atoms with van der Waals surface area (Å²) in [6, 6.07) is 16.0. The molecule has 1 unspecified atom stereocenters. The smallest absolute Gasteiger partial charge is 0.224 e. The van der Waals surface area contributed by atoms with Crippen molar-refractivity contribution in [1.29, 1.82) is 0 Å². The Kier molecular flexibility index (Phi) is 4.83. The van der Waals surface area contributed by atoms with Crippen molar-refractivity contribution in [2.75, 3.05) is 6.54 Å². The molecule has 0 aliphatic carbocycles. The Labute approximate surface area is 157 Å². The molecular formula is C22H19FN2O2. The number of aromatic nitrogens is 1. The van der Waals surface area contributed by atoms with Crippen LogP contribution in [-0.2, 0) is 17.6 Å². The van der Waals surface area contributed by atoms with E-state index in [-0.39, 0.29) is 24.2 Å². The van der Waals surface area contributed by atoms with Crippen LogP contribution < -0.4 is 10.1 Å². The number of carbonyl (C=O) groups is 1. The number of fused-ring (bicyclic) bond motifs is 1. The fourth-order valence-electron chi connectivity index (χ4n) is 3.23. The lowest BCUT2D eigenvalue weighted by molar-refractivity contribution is -0.120. The minimum atomic E-state index is -0.304. The Bertz CT molecular complexity index is 942. The summed E-state index contributed by atoms with van der Waals surface area (Å²) in [4.78, 5) is 16.3. The molecule has 4 rings (SSSR count). The van der Waals surface area contributed by atoms with Crippen LogP contribution in [0, 0.1) is 5.82 Å². The van der Waals surface area contributed by atoms with E-state index in [4.69, 9.17) is 4.74 Å². The van der Waals surface area contributed by atoms with Gasteiger partial charge >= 0.3 is 0 Å². The summed E-state index contributed by atoms with van der Waals surface area (Å²) in [6.07, 6.45) is 4.49. The number of nitrogens with zero attached hydrogens (tertiary/aromatic N) is 1.